The maximum absolute atomic E-state index is 6.48. The molecule has 0 aliphatic rings. The van der Waals surface area contributed by atoms with Crippen LogP contribution in [0.1, 0.15) is 28.7 Å². The normalized spacial score (nSPS) is 9.44. The van der Waals surface area contributed by atoms with Crippen LogP contribution >= 0.6 is 36.8 Å². The quantitative estimate of drug-likeness (QED) is 0.146. The van der Waals surface area contributed by atoms with Crippen molar-refractivity contribution in [3.63, 3.8) is 0 Å². The number of halogens is 1. The fourth-order valence-electron chi connectivity index (χ4n) is 2.06. The van der Waals surface area contributed by atoms with Crippen molar-refractivity contribution in [1.29, 1.82) is 1.28 Å². The summed E-state index contributed by atoms with van der Waals surface area (Å²) in [5, 5.41) is 0. The number of allylic oxidation sites excluding steroid dienone is 2. The third-order valence-electron chi connectivity index (χ3n) is 3.28. The molecule has 0 nitrogen and oxygen atoms in total. The van der Waals surface area contributed by atoms with Crippen LogP contribution in [0, 0.1) is 11.8 Å². The van der Waals surface area contributed by atoms with Crippen LogP contribution in [0.15, 0.2) is 73.8 Å². The first-order chi connectivity index (χ1) is 12.2. The molecule has 0 aliphatic carbocycles. The van der Waals surface area contributed by atoms with Crippen molar-refractivity contribution in [2.75, 3.05) is 0 Å². The zero-order chi connectivity index (χ0) is 18.3. The molecule has 0 heterocycles. The number of hydrogen-bond acceptors (Lipinski definition) is 0. The number of aryl methyl sites for hydroxylation is 1. The largest absolute Gasteiger partial charge is 0.104 e. The molecule has 27 heavy (non-hydrogen) atoms. The van der Waals surface area contributed by atoms with E-state index < -0.39 is 0 Å². The topological polar surface area (TPSA) is 0 Å². The van der Waals surface area contributed by atoms with Crippen LogP contribution in [0.3, 0.4) is 0 Å². The van der Waals surface area contributed by atoms with E-state index in [4.69, 9.17) is 1.28 Å². The van der Waals surface area contributed by atoms with Gasteiger partial charge in [-0.1, -0.05) is 70.3 Å². The van der Waals surface area contributed by atoms with Crippen molar-refractivity contribution in [3.8, 4) is 11.8 Å². The van der Waals surface area contributed by atoms with Gasteiger partial charge in [0.05, 0.1) is 1.28 Å². The van der Waals surface area contributed by atoms with Crippen LogP contribution in [0.2, 0.25) is 0 Å². The van der Waals surface area contributed by atoms with Gasteiger partial charge in [-0.2, -0.15) is 0 Å². The van der Waals surface area contributed by atoms with Gasteiger partial charge in [0.2, 0.25) is 0 Å². The number of benzene rings is 2. The Balaban J connectivity index is -0.000000817. The van der Waals surface area contributed by atoms with Gasteiger partial charge < -0.3 is 0 Å². The third-order valence-corrected chi connectivity index (χ3v) is 3.28. The standard InChI is InChI=1S/C21H20.H3IP2.3V/c1-3-5-7-19-10-14-21(15-11-19)17-16-20-12-8-18(6-4-2)9-13-20;1-3-2;;;/h3-4,8-15H,1-2,5-7H2;3H,2H2;;;/i;2T;;;. The van der Waals surface area contributed by atoms with Gasteiger partial charge in [-0.3, -0.25) is 0 Å². The van der Waals surface area contributed by atoms with Crippen molar-refractivity contribution in [1.82, 2.24) is 0 Å². The second kappa shape index (κ2) is 21.5. The Morgan fingerprint density at radius 2 is 1.33 bits per heavy atom. The second-order valence-corrected chi connectivity index (χ2v) is 10.7. The van der Waals surface area contributed by atoms with Gasteiger partial charge in [0.15, 0.2) is 0 Å². The predicted octanol–water partition coefficient (Wildman–Crippen LogP) is 6.73. The molecule has 6 heteroatoms. The average molecular weight is 619 g/mol. The monoisotopic (exact) mass is 619 g/mol. The first-order valence-electron chi connectivity index (χ1n) is 8.17. The Hall–Kier alpha value is 0.823. The Morgan fingerprint density at radius 3 is 1.70 bits per heavy atom. The van der Waals surface area contributed by atoms with Crippen LogP contribution in [-0.2, 0) is 68.5 Å². The molecule has 0 saturated carbocycles. The van der Waals surface area contributed by atoms with E-state index in [1.165, 1.54) is 11.1 Å². The zero-order valence-electron chi connectivity index (χ0n) is 16.0. The molecule has 0 aromatic heterocycles. The van der Waals surface area contributed by atoms with Gasteiger partial charge in [0.25, 0.3) is 0 Å². The van der Waals surface area contributed by atoms with E-state index in [9.17, 15) is 0 Å². The van der Waals surface area contributed by atoms with E-state index in [1.807, 2.05) is 12.2 Å². The summed E-state index contributed by atoms with van der Waals surface area (Å²) >= 11 is 2.20. The molecule has 0 amide bonds. The first kappa shape index (κ1) is 30.0. The molecule has 3 radical (unpaired) electrons. The molecular weight excluding hydrogens is 594 g/mol. The van der Waals surface area contributed by atoms with E-state index in [0.717, 1.165) is 36.3 Å². The number of rotatable bonds is 6. The maximum Gasteiger partial charge on any atom is 0.0598 e. The molecule has 0 fully saturated rings. The van der Waals surface area contributed by atoms with E-state index in [1.54, 1.807) is 0 Å². The fraction of sp³-hybridized carbons (Fsp3) is 0.143. The summed E-state index contributed by atoms with van der Waals surface area (Å²) in [4.78, 5) is 0. The summed E-state index contributed by atoms with van der Waals surface area (Å²) in [6.07, 6.45) is 6.82. The van der Waals surface area contributed by atoms with E-state index in [-0.39, 0.29) is 55.7 Å². The molecule has 0 spiro atoms. The Bertz CT molecular complexity index is 709. The molecule has 2 aromatic rings. The molecule has 0 bridgehead atoms. The Labute approximate surface area is 218 Å². The van der Waals surface area contributed by atoms with Gasteiger partial charge in [-0.25, -0.2) is 0 Å². The molecule has 2 rings (SSSR count). The van der Waals surface area contributed by atoms with E-state index in [2.05, 4.69) is 95.6 Å². The Morgan fingerprint density at radius 1 is 0.889 bits per heavy atom. The molecule has 139 valence electrons. The number of hydrogen-bond donors (Lipinski definition) is 0. The van der Waals surface area contributed by atoms with Crippen LogP contribution < -0.4 is 0 Å². The summed E-state index contributed by atoms with van der Waals surface area (Å²) < 4.78 is 6.48. The van der Waals surface area contributed by atoms with Crippen LogP contribution in [-0.4, -0.2) is 1.28 Å². The van der Waals surface area contributed by atoms with Crippen molar-refractivity contribution >= 4 is 36.8 Å². The SMILES string of the molecule is C=CCCc1ccc(C#Cc2ccc(CC=C)cc2)cc1.[3H]PPI.[V].[V].[V]. The minimum Gasteiger partial charge on any atom is -0.104 e. The zero-order valence-corrected chi connectivity index (χ0v) is 23.4. The molecule has 2 aromatic carbocycles. The van der Waals surface area contributed by atoms with Crippen LogP contribution in [0.5, 0.6) is 0 Å². The van der Waals surface area contributed by atoms with E-state index in [0.29, 0.717) is 8.87 Å². The van der Waals surface area contributed by atoms with Crippen LogP contribution in [0.4, 0.5) is 0 Å². The molecule has 0 N–H and O–H groups in total. The third kappa shape index (κ3) is 15.3. The van der Waals surface area contributed by atoms with Gasteiger partial charge in [0.1, 0.15) is 0 Å². The summed E-state index contributed by atoms with van der Waals surface area (Å²) in [5.74, 6) is 7.21. The van der Waals surface area contributed by atoms with Crippen LogP contribution in [0.25, 0.3) is 0 Å². The van der Waals surface area contributed by atoms with Crippen molar-refractivity contribution in [2.45, 2.75) is 19.3 Å². The molecule has 2 unspecified atom stereocenters. The second-order valence-electron chi connectivity index (χ2n) is 5.06. The molecular formula is C21H23IP2V3. The summed E-state index contributed by atoms with van der Waals surface area (Å²) in [7, 11) is 0.405. The minimum atomic E-state index is 0. The van der Waals surface area contributed by atoms with Gasteiger partial charge in [-0.15, -0.1) is 22.0 Å². The summed E-state index contributed by atoms with van der Waals surface area (Å²) in [5.41, 5.74) is 4.68. The van der Waals surface area contributed by atoms with Gasteiger partial charge in [-0.05, 0) is 60.6 Å². The molecule has 0 saturated heterocycles. The van der Waals surface area contributed by atoms with Crippen molar-refractivity contribution in [3.05, 3.63) is 96.1 Å². The average Bonchev–Trinajstić information content (AvgIpc) is 2.67. The van der Waals surface area contributed by atoms with E-state index >= 15 is 0 Å². The minimum absolute atomic E-state index is 0. The fourth-order valence-corrected chi connectivity index (χ4v) is 2.06. The van der Waals surface area contributed by atoms with Gasteiger partial charge in [0, 0.05) is 66.8 Å². The van der Waals surface area contributed by atoms with Crippen molar-refractivity contribution in [2.24, 2.45) is 0 Å². The van der Waals surface area contributed by atoms with Gasteiger partial charge >= 0.3 is 0 Å². The maximum atomic E-state index is 6.48. The smallest absolute Gasteiger partial charge is 0.0598 e. The Kier molecular flexibility index (Phi) is 23.9. The van der Waals surface area contributed by atoms with Crippen molar-refractivity contribution < 1.29 is 55.7 Å². The molecule has 2 atom stereocenters. The molecule has 0 aliphatic heterocycles. The summed E-state index contributed by atoms with van der Waals surface area (Å²) in [6, 6.07) is 16.8. The summed E-state index contributed by atoms with van der Waals surface area (Å²) in [6.45, 7) is 7.49. The predicted molar refractivity (Wildman–Crippen MR) is 123 cm³/mol. The first-order valence-corrected chi connectivity index (χ1v) is 13.3.